The Labute approximate surface area is 148 Å². The molecule has 0 fully saturated rings. The minimum Gasteiger partial charge on any atom is -0.321 e. The standard InChI is InChI=1S/C19H15F2N3O2/c1-11(25)12-4-3-5-14(8-12)22-19(26)17-10-18(24(2)23-17)15-9-13(20)6-7-16(15)21/h3-10H,1-2H3,(H,22,26). The van der Waals surface area contributed by atoms with Crippen molar-refractivity contribution in [3.8, 4) is 11.3 Å². The van der Waals surface area contributed by atoms with Crippen LogP contribution < -0.4 is 5.32 Å². The highest BCUT2D eigenvalue weighted by molar-refractivity contribution is 6.04. The fraction of sp³-hybridized carbons (Fsp3) is 0.105. The summed E-state index contributed by atoms with van der Waals surface area (Å²) in [5.74, 6) is -1.85. The number of halogens is 2. The lowest BCUT2D eigenvalue weighted by Gasteiger charge is -2.04. The van der Waals surface area contributed by atoms with E-state index in [1.165, 1.54) is 24.7 Å². The summed E-state index contributed by atoms with van der Waals surface area (Å²) in [4.78, 5) is 23.8. The Bertz CT molecular complexity index is 1010. The first-order valence-electron chi connectivity index (χ1n) is 7.77. The molecule has 0 aliphatic heterocycles. The molecule has 0 radical (unpaired) electrons. The fourth-order valence-electron chi connectivity index (χ4n) is 2.54. The van der Waals surface area contributed by atoms with Gasteiger partial charge in [0.2, 0.25) is 0 Å². The van der Waals surface area contributed by atoms with E-state index in [0.29, 0.717) is 11.3 Å². The van der Waals surface area contributed by atoms with Crippen molar-refractivity contribution < 1.29 is 18.4 Å². The molecule has 5 nitrogen and oxygen atoms in total. The molecule has 0 spiro atoms. The SMILES string of the molecule is CC(=O)c1cccc(NC(=O)c2cc(-c3cc(F)ccc3F)n(C)n2)c1. The maximum absolute atomic E-state index is 14.0. The van der Waals surface area contributed by atoms with Gasteiger partial charge < -0.3 is 5.32 Å². The highest BCUT2D eigenvalue weighted by Gasteiger charge is 2.17. The van der Waals surface area contributed by atoms with Crippen LogP contribution in [-0.4, -0.2) is 21.5 Å². The molecule has 0 atom stereocenters. The minimum absolute atomic E-state index is 0.0117. The number of nitrogens with zero attached hydrogens (tertiary/aromatic N) is 2. The molecule has 1 amide bonds. The number of rotatable bonds is 4. The summed E-state index contributed by atoms with van der Waals surface area (Å²) in [7, 11) is 1.53. The first kappa shape index (κ1) is 17.5. The number of nitrogens with one attached hydrogen (secondary N) is 1. The van der Waals surface area contributed by atoms with Crippen LogP contribution in [0, 0.1) is 11.6 Å². The molecular formula is C19H15F2N3O2. The predicted octanol–water partition coefficient (Wildman–Crippen LogP) is 3.82. The Hall–Kier alpha value is -3.35. The van der Waals surface area contributed by atoms with E-state index in [4.69, 9.17) is 0 Å². The fourth-order valence-corrected chi connectivity index (χ4v) is 2.54. The molecule has 26 heavy (non-hydrogen) atoms. The maximum atomic E-state index is 14.0. The van der Waals surface area contributed by atoms with E-state index >= 15 is 0 Å². The molecule has 0 unspecified atom stereocenters. The Balaban J connectivity index is 1.89. The third kappa shape index (κ3) is 3.51. The molecule has 132 valence electrons. The number of carbonyl (C=O) groups excluding carboxylic acids is 2. The van der Waals surface area contributed by atoms with Crippen LogP contribution in [0.5, 0.6) is 0 Å². The Kier molecular flexibility index (Phi) is 4.62. The third-order valence-corrected chi connectivity index (χ3v) is 3.84. The maximum Gasteiger partial charge on any atom is 0.276 e. The van der Waals surface area contributed by atoms with Gasteiger partial charge in [-0.3, -0.25) is 14.3 Å². The zero-order valence-corrected chi connectivity index (χ0v) is 14.1. The zero-order chi connectivity index (χ0) is 18.8. The van der Waals surface area contributed by atoms with E-state index in [1.54, 1.807) is 24.3 Å². The van der Waals surface area contributed by atoms with Crippen LogP contribution in [0.3, 0.4) is 0 Å². The first-order valence-corrected chi connectivity index (χ1v) is 7.77. The van der Waals surface area contributed by atoms with Crippen LogP contribution in [0.25, 0.3) is 11.3 Å². The van der Waals surface area contributed by atoms with Crippen LogP contribution in [0.4, 0.5) is 14.5 Å². The van der Waals surface area contributed by atoms with Gasteiger partial charge in [0.25, 0.3) is 5.91 Å². The summed E-state index contributed by atoms with van der Waals surface area (Å²) >= 11 is 0. The van der Waals surface area contributed by atoms with Crippen molar-refractivity contribution in [2.24, 2.45) is 7.05 Å². The number of Topliss-reactive ketones (excluding diaryl/α,β-unsaturated/α-hetero) is 1. The summed E-state index contributed by atoms with van der Waals surface area (Å²) in [6, 6.07) is 10.9. The zero-order valence-electron chi connectivity index (χ0n) is 14.1. The molecule has 2 aromatic carbocycles. The summed E-state index contributed by atoms with van der Waals surface area (Å²) in [5, 5.41) is 6.70. The van der Waals surface area contributed by atoms with Crippen molar-refractivity contribution in [1.29, 1.82) is 0 Å². The Morgan fingerprint density at radius 2 is 1.85 bits per heavy atom. The highest BCUT2D eigenvalue weighted by atomic mass is 19.1. The Morgan fingerprint density at radius 3 is 2.58 bits per heavy atom. The van der Waals surface area contributed by atoms with Gasteiger partial charge in [-0.1, -0.05) is 12.1 Å². The van der Waals surface area contributed by atoms with E-state index in [2.05, 4.69) is 10.4 Å². The van der Waals surface area contributed by atoms with E-state index in [1.807, 2.05) is 0 Å². The molecule has 1 heterocycles. The van der Waals surface area contributed by atoms with Gasteiger partial charge >= 0.3 is 0 Å². The van der Waals surface area contributed by atoms with E-state index < -0.39 is 17.5 Å². The van der Waals surface area contributed by atoms with Crippen molar-refractivity contribution in [3.05, 3.63) is 71.4 Å². The number of benzene rings is 2. The molecule has 3 aromatic rings. The molecule has 1 aromatic heterocycles. The van der Waals surface area contributed by atoms with Crippen LogP contribution in [0.2, 0.25) is 0 Å². The second-order valence-corrected chi connectivity index (χ2v) is 5.75. The lowest BCUT2D eigenvalue weighted by molar-refractivity contribution is 0.100. The summed E-state index contributed by atoms with van der Waals surface area (Å²) in [6.45, 7) is 1.43. The van der Waals surface area contributed by atoms with E-state index in [9.17, 15) is 18.4 Å². The number of carbonyl (C=O) groups is 2. The van der Waals surface area contributed by atoms with Crippen LogP contribution >= 0.6 is 0 Å². The van der Waals surface area contributed by atoms with Gasteiger partial charge in [-0.2, -0.15) is 5.10 Å². The Morgan fingerprint density at radius 1 is 1.08 bits per heavy atom. The number of hydrogen-bond donors (Lipinski definition) is 1. The number of hydrogen-bond acceptors (Lipinski definition) is 3. The molecule has 0 bridgehead atoms. The number of aromatic nitrogens is 2. The number of aryl methyl sites for hydroxylation is 1. The van der Waals surface area contributed by atoms with Crippen LogP contribution in [0.1, 0.15) is 27.8 Å². The second kappa shape index (κ2) is 6.87. The number of anilines is 1. The molecule has 0 saturated carbocycles. The van der Waals surface area contributed by atoms with Crippen LogP contribution in [-0.2, 0) is 7.05 Å². The normalized spacial score (nSPS) is 10.6. The van der Waals surface area contributed by atoms with Crippen molar-refractivity contribution in [2.75, 3.05) is 5.32 Å². The van der Waals surface area contributed by atoms with Gasteiger partial charge in [0.15, 0.2) is 11.5 Å². The van der Waals surface area contributed by atoms with Crippen molar-refractivity contribution in [2.45, 2.75) is 6.92 Å². The predicted molar refractivity (Wildman–Crippen MR) is 93.0 cm³/mol. The number of amides is 1. The van der Waals surface area contributed by atoms with E-state index in [-0.39, 0.29) is 22.7 Å². The third-order valence-electron chi connectivity index (χ3n) is 3.84. The molecule has 0 aliphatic carbocycles. The summed E-state index contributed by atoms with van der Waals surface area (Å²) < 4.78 is 28.7. The van der Waals surface area contributed by atoms with Gasteiger partial charge in [-0.15, -0.1) is 0 Å². The quantitative estimate of drug-likeness (QED) is 0.724. The van der Waals surface area contributed by atoms with Crippen LogP contribution in [0.15, 0.2) is 48.5 Å². The molecule has 0 aliphatic rings. The summed E-state index contributed by atoms with van der Waals surface area (Å²) in [6.07, 6.45) is 0. The smallest absolute Gasteiger partial charge is 0.276 e. The van der Waals surface area contributed by atoms with E-state index in [0.717, 1.165) is 18.2 Å². The van der Waals surface area contributed by atoms with Gasteiger partial charge in [0.1, 0.15) is 11.6 Å². The molecule has 3 rings (SSSR count). The highest BCUT2D eigenvalue weighted by Crippen LogP contribution is 2.24. The van der Waals surface area contributed by atoms with Gasteiger partial charge in [0, 0.05) is 23.9 Å². The molecule has 7 heteroatoms. The van der Waals surface area contributed by atoms with Gasteiger partial charge in [-0.25, -0.2) is 8.78 Å². The molecule has 0 saturated heterocycles. The summed E-state index contributed by atoms with van der Waals surface area (Å²) in [5.41, 5.74) is 1.22. The lowest BCUT2D eigenvalue weighted by Crippen LogP contribution is -2.13. The van der Waals surface area contributed by atoms with Crippen molar-refractivity contribution in [3.63, 3.8) is 0 Å². The largest absolute Gasteiger partial charge is 0.321 e. The number of ketones is 1. The lowest BCUT2D eigenvalue weighted by atomic mass is 10.1. The molecular weight excluding hydrogens is 340 g/mol. The van der Waals surface area contributed by atoms with Gasteiger partial charge in [0.05, 0.1) is 5.69 Å². The average molecular weight is 355 g/mol. The van der Waals surface area contributed by atoms with Crippen molar-refractivity contribution in [1.82, 2.24) is 9.78 Å². The van der Waals surface area contributed by atoms with Crippen molar-refractivity contribution >= 4 is 17.4 Å². The second-order valence-electron chi connectivity index (χ2n) is 5.75. The monoisotopic (exact) mass is 355 g/mol. The topological polar surface area (TPSA) is 64.0 Å². The molecule has 1 N–H and O–H groups in total. The first-order chi connectivity index (χ1) is 12.3. The average Bonchev–Trinajstić information content (AvgIpc) is 2.99. The minimum atomic E-state index is -0.615. The van der Waals surface area contributed by atoms with Gasteiger partial charge in [-0.05, 0) is 43.3 Å².